The number of rotatable bonds is 7. The molecule has 1 fully saturated rings. The Labute approximate surface area is 162 Å². The summed E-state index contributed by atoms with van der Waals surface area (Å²) in [4.78, 5) is 19.0. The maximum Gasteiger partial charge on any atom is 0.238 e. The second kappa shape index (κ2) is 10.8. The van der Waals surface area contributed by atoms with Crippen LogP contribution in [0.2, 0.25) is 0 Å². The van der Waals surface area contributed by atoms with E-state index in [-0.39, 0.29) is 36.7 Å². The third kappa shape index (κ3) is 6.50. The van der Waals surface area contributed by atoms with E-state index in [1.54, 1.807) is 18.0 Å². The number of hydrogen-bond acceptors (Lipinski definition) is 5. The molecule has 0 saturated carbocycles. The van der Waals surface area contributed by atoms with E-state index in [2.05, 4.69) is 10.3 Å². The Bertz CT molecular complexity index is 649. The van der Waals surface area contributed by atoms with E-state index in [0.29, 0.717) is 6.54 Å². The van der Waals surface area contributed by atoms with Crippen LogP contribution < -0.4 is 5.32 Å². The van der Waals surface area contributed by atoms with Gasteiger partial charge >= 0.3 is 0 Å². The fraction of sp³-hybridized carbons (Fsp3) is 0.647. The molecule has 1 amide bonds. The van der Waals surface area contributed by atoms with Crippen molar-refractivity contribution in [2.75, 3.05) is 32.4 Å². The molecule has 1 atom stereocenters. The van der Waals surface area contributed by atoms with Crippen molar-refractivity contribution < 1.29 is 13.2 Å². The molecule has 1 aromatic heterocycles. The van der Waals surface area contributed by atoms with Gasteiger partial charge in [0.1, 0.15) is 0 Å². The molecule has 7 nitrogen and oxygen atoms in total. The highest BCUT2D eigenvalue weighted by Crippen LogP contribution is 2.17. The molecule has 2 rings (SSSR count). The molecule has 9 heteroatoms. The van der Waals surface area contributed by atoms with Crippen molar-refractivity contribution in [1.82, 2.24) is 19.5 Å². The lowest BCUT2D eigenvalue weighted by Gasteiger charge is -2.32. The zero-order valence-electron chi connectivity index (χ0n) is 15.4. The SMILES string of the molecule is CCS(=O)(=O)N(C)CC(=O)N(Cc1ccccn1)C1CCCNCC1.Cl. The predicted molar refractivity (Wildman–Crippen MR) is 105 cm³/mol. The molecule has 26 heavy (non-hydrogen) atoms. The van der Waals surface area contributed by atoms with E-state index in [1.165, 1.54) is 7.05 Å². The summed E-state index contributed by atoms with van der Waals surface area (Å²) in [6.45, 7) is 3.67. The van der Waals surface area contributed by atoms with Gasteiger partial charge in [-0.15, -0.1) is 12.4 Å². The molecule has 1 saturated heterocycles. The molecule has 1 aliphatic rings. The topological polar surface area (TPSA) is 82.6 Å². The minimum Gasteiger partial charge on any atom is -0.333 e. The van der Waals surface area contributed by atoms with Crippen LogP contribution in [-0.4, -0.2) is 67.0 Å². The largest absolute Gasteiger partial charge is 0.333 e. The van der Waals surface area contributed by atoms with Crippen molar-refractivity contribution in [2.45, 2.75) is 38.8 Å². The molecule has 0 radical (unpaired) electrons. The van der Waals surface area contributed by atoms with Gasteiger partial charge in [0.15, 0.2) is 0 Å². The third-order valence-corrected chi connectivity index (χ3v) is 6.37. The lowest BCUT2D eigenvalue weighted by molar-refractivity contribution is -0.134. The van der Waals surface area contributed by atoms with E-state index >= 15 is 0 Å². The number of amides is 1. The summed E-state index contributed by atoms with van der Waals surface area (Å²) in [7, 11) is -1.92. The van der Waals surface area contributed by atoms with E-state index in [0.717, 1.165) is 42.4 Å². The van der Waals surface area contributed by atoms with Crippen LogP contribution in [0.3, 0.4) is 0 Å². The lowest BCUT2D eigenvalue weighted by Crippen LogP contribution is -2.46. The number of pyridine rings is 1. The number of nitrogens with one attached hydrogen (secondary N) is 1. The Morgan fingerprint density at radius 1 is 1.31 bits per heavy atom. The first-order chi connectivity index (χ1) is 11.9. The fourth-order valence-electron chi connectivity index (χ4n) is 3.00. The summed E-state index contributed by atoms with van der Waals surface area (Å²) in [5.74, 6) is -0.179. The number of aromatic nitrogens is 1. The highest BCUT2D eigenvalue weighted by atomic mass is 35.5. The molecular formula is C17H29ClN4O3S. The Balaban J connectivity index is 0.00000338. The molecule has 148 valence electrons. The van der Waals surface area contributed by atoms with Crippen molar-refractivity contribution in [3.8, 4) is 0 Å². The van der Waals surface area contributed by atoms with Crippen molar-refractivity contribution in [1.29, 1.82) is 0 Å². The molecule has 1 aromatic rings. The summed E-state index contributed by atoms with van der Waals surface area (Å²) < 4.78 is 25.1. The number of hydrogen-bond donors (Lipinski definition) is 1. The normalized spacial score (nSPS) is 18.0. The molecular weight excluding hydrogens is 376 g/mol. The fourth-order valence-corrected chi connectivity index (χ4v) is 3.75. The van der Waals surface area contributed by atoms with Gasteiger partial charge in [0.2, 0.25) is 15.9 Å². The van der Waals surface area contributed by atoms with E-state index in [1.807, 2.05) is 18.2 Å². The molecule has 2 heterocycles. The number of sulfonamides is 1. The van der Waals surface area contributed by atoms with Crippen molar-refractivity contribution in [3.05, 3.63) is 30.1 Å². The van der Waals surface area contributed by atoms with Gasteiger partial charge in [0.25, 0.3) is 0 Å². The third-order valence-electron chi connectivity index (χ3n) is 4.56. The molecule has 1 unspecified atom stereocenters. The van der Waals surface area contributed by atoms with E-state index in [9.17, 15) is 13.2 Å². The van der Waals surface area contributed by atoms with Crippen LogP contribution in [0.15, 0.2) is 24.4 Å². The van der Waals surface area contributed by atoms with Crippen LogP contribution in [0.25, 0.3) is 0 Å². The monoisotopic (exact) mass is 404 g/mol. The summed E-state index contributed by atoms with van der Waals surface area (Å²) in [6, 6.07) is 5.73. The summed E-state index contributed by atoms with van der Waals surface area (Å²) in [6.07, 6.45) is 4.48. The quantitative estimate of drug-likeness (QED) is 0.739. The second-order valence-electron chi connectivity index (χ2n) is 6.33. The minimum absolute atomic E-state index is 0. The summed E-state index contributed by atoms with van der Waals surface area (Å²) in [5.41, 5.74) is 0.814. The van der Waals surface area contributed by atoms with Crippen LogP contribution in [0.5, 0.6) is 0 Å². The zero-order valence-corrected chi connectivity index (χ0v) is 17.1. The molecule has 0 aromatic carbocycles. The standard InChI is InChI=1S/C17H28N4O3S.ClH/c1-3-25(23,24)20(2)14-17(22)21(13-15-7-4-5-11-19-15)16-8-6-10-18-12-9-16;/h4-5,7,11,16,18H,3,6,8-10,12-14H2,1-2H3;1H. The van der Waals surface area contributed by atoms with Crippen molar-refractivity contribution in [3.63, 3.8) is 0 Å². The average molecular weight is 405 g/mol. The highest BCUT2D eigenvalue weighted by Gasteiger charge is 2.28. The van der Waals surface area contributed by atoms with Crippen LogP contribution >= 0.6 is 12.4 Å². The highest BCUT2D eigenvalue weighted by molar-refractivity contribution is 7.89. The Morgan fingerprint density at radius 3 is 2.73 bits per heavy atom. The van der Waals surface area contributed by atoms with E-state index < -0.39 is 10.0 Å². The maximum absolute atomic E-state index is 12.9. The molecule has 0 bridgehead atoms. The number of carbonyl (C=O) groups excluding carboxylic acids is 1. The van der Waals surface area contributed by atoms with Gasteiger partial charge in [-0.2, -0.15) is 4.31 Å². The molecule has 1 aliphatic heterocycles. The van der Waals surface area contributed by atoms with Gasteiger partial charge in [-0.3, -0.25) is 9.78 Å². The number of nitrogens with zero attached hydrogens (tertiary/aromatic N) is 3. The number of carbonyl (C=O) groups is 1. The minimum atomic E-state index is -3.38. The van der Waals surface area contributed by atoms with Crippen molar-refractivity contribution >= 4 is 28.3 Å². The Kier molecular flexibility index (Phi) is 9.49. The van der Waals surface area contributed by atoms with Gasteiger partial charge in [-0.1, -0.05) is 6.07 Å². The molecule has 0 aliphatic carbocycles. The van der Waals surface area contributed by atoms with Crippen LogP contribution in [0.1, 0.15) is 31.9 Å². The Hall–Kier alpha value is -1.22. The average Bonchev–Trinajstić information content (AvgIpc) is 2.89. The summed E-state index contributed by atoms with van der Waals surface area (Å²) >= 11 is 0. The summed E-state index contributed by atoms with van der Waals surface area (Å²) in [5, 5.41) is 3.35. The van der Waals surface area contributed by atoms with Crippen LogP contribution in [0, 0.1) is 0 Å². The zero-order chi connectivity index (χ0) is 18.3. The maximum atomic E-state index is 12.9. The second-order valence-corrected chi connectivity index (χ2v) is 8.70. The van der Waals surface area contributed by atoms with Crippen LogP contribution in [0.4, 0.5) is 0 Å². The van der Waals surface area contributed by atoms with Gasteiger partial charge in [0, 0.05) is 19.3 Å². The van der Waals surface area contributed by atoms with Crippen molar-refractivity contribution in [2.24, 2.45) is 0 Å². The smallest absolute Gasteiger partial charge is 0.238 e. The van der Waals surface area contributed by atoms with Gasteiger partial charge in [0.05, 0.1) is 24.5 Å². The molecule has 0 spiro atoms. The van der Waals surface area contributed by atoms with Gasteiger partial charge in [-0.25, -0.2) is 8.42 Å². The predicted octanol–water partition coefficient (Wildman–Crippen LogP) is 1.26. The van der Waals surface area contributed by atoms with Crippen LogP contribution in [-0.2, 0) is 21.4 Å². The first-order valence-electron chi connectivity index (χ1n) is 8.78. The van der Waals surface area contributed by atoms with Gasteiger partial charge in [-0.05, 0) is 51.4 Å². The molecule has 1 N–H and O–H groups in total. The van der Waals surface area contributed by atoms with Gasteiger partial charge < -0.3 is 10.2 Å². The first kappa shape index (κ1) is 22.8. The first-order valence-corrected chi connectivity index (χ1v) is 10.4. The van der Waals surface area contributed by atoms with E-state index in [4.69, 9.17) is 0 Å². The lowest BCUT2D eigenvalue weighted by atomic mass is 10.1. The number of likely N-dealkylation sites (N-methyl/N-ethyl adjacent to an activating group) is 1. The number of halogens is 1. The Morgan fingerprint density at radius 2 is 2.08 bits per heavy atom.